The number of nitrogens with one attached hydrogen (secondary N) is 1. The van der Waals surface area contributed by atoms with Gasteiger partial charge in [0.25, 0.3) is 5.91 Å². The van der Waals surface area contributed by atoms with Gasteiger partial charge in [0.2, 0.25) is 0 Å². The number of phenols is 1. The molecule has 0 aliphatic carbocycles. The van der Waals surface area contributed by atoms with Gasteiger partial charge in [0, 0.05) is 41.4 Å². The monoisotopic (exact) mass is 468 g/mol. The van der Waals surface area contributed by atoms with E-state index >= 15 is 0 Å². The highest BCUT2D eigenvalue weighted by molar-refractivity contribution is 7.17. The molecule has 0 bridgehead atoms. The van der Waals surface area contributed by atoms with Gasteiger partial charge in [-0.05, 0) is 42.4 Å². The van der Waals surface area contributed by atoms with Crippen LogP contribution in [0.3, 0.4) is 0 Å². The Bertz CT molecular complexity index is 1350. The Kier molecular flexibility index (Phi) is 6.20. The van der Waals surface area contributed by atoms with Crippen molar-refractivity contribution in [2.24, 2.45) is 5.10 Å². The second-order valence-corrected chi connectivity index (χ2v) is 9.15. The van der Waals surface area contributed by atoms with Crippen LogP contribution in [0.4, 0.5) is 0 Å². The molecule has 2 aromatic heterocycles. The molecule has 6 nitrogen and oxygen atoms in total. The van der Waals surface area contributed by atoms with Crippen LogP contribution in [-0.2, 0) is 6.54 Å². The van der Waals surface area contributed by atoms with Gasteiger partial charge in [-0.15, -0.1) is 11.3 Å². The van der Waals surface area contributed by atoms with Crippen LogP contribution in [0.1, 0.15) is 38.8 Å². The van der Waals surface area contributed by atoms with Crippen LogP contribution in [0.2, 0.25) is 0 Å². The Balaban J connectivity index is 1.51. The van der Waals surface area contributed by atoms with Gasteiger partial charge in [0.1, 0.15) is 5.75 Å². The maximum Gasteiger partial charge on any atom is 0.284 e. The number of rotatable bonds is 6. The van der Waals surface area contributed by atoms with Gasteiger partial charge in [-0.2, -0.15) is 5.10 Å². The summed E-state index contributed by atoms with van der Waals surface area (Å²) in [6, 6.07) is 22.6. The summed E-state index contributed by atoms with van der Waals surface area (Å²) < 4.78 is 0. The van der Waals surface area contributed by atoms with Crippen molar-refractivity contribution in [2.45, 2.75) is 19.0 Å². The van der Waals surface area contributed by atoms with Crippen LogP contribution in [0.5, 0.6) is 5.75 Å². The maximum absolute atomic E-state index is 13.7. The lowest BCUT2D eigenvalue weighted by Gasteiger charge is -2.22. The van der Waals surface area contributed by atoms with E-state index in [0.717, 1.165) is 28.3 Å². The number of carbonyl (C=O) groups is 1. The highest BCUT2D eigenvalue weighted by Crippen LogP contribution is 2.39. The van der Waals surface area contributed by atoms with Crippen LogP contribution in [0.25, 0.3) is 10.4 Å². The van der Waals surface area contributed by atoms with Gasteiger partial charge in [-0.1, -0.05) is 48.5 Å². The van der Waals surface area contributed by atoms with Gasteiger partial charge in [0.05, 0.1) is 16.6 Å². The fourth-order valence-corrected chi connectivity index (χ4v) is 5.23. The van der Waals surface area contributed by atoms with Gasteiger partial charge in [-0.3, -0.25) is 9.78 Å². The number of aromatic hydroxyl groups is 1. The molecule has 0 fully saturated rings. The molecule has 1 aliphatic rings. The molecule has 3 heterocycles. The topological polar surface area (TPSA) is 77.8 Å². The molecule has 2 N–H and O–H groups in total. The standard InChI is InChI=1S/C27H24N4O2S/c1-28-16-18-7-2-3-9-20(18)25-12-13-26(34-25)27(33)31-23(21-10-4-5-11-24(21)32)15-22(30-31)19-8-6-14-29-17-19/h2-14,17,23,28,32H,15-16H2,1H3. The molecule has 0 saturated heterocycles. The molecule has 5 rings (SSSR count). The van der Waals surface area contributed by atoms with Gasteiger partial charge >= 0.3 is 0 Å². The number of hydrogen-bond donors (Lipinski definition) is 2. The van der Waals surface area contributed by atoms with Crippen molar-refractivity contribution >= 4 is 23.0 Å². The van der Waals surface area contributed by atoms with Crippen molar-refractivity contribution in [1.29, 1.82) is 0 Å². The lowest BCUT2D eigenvalue weighted by Crippen LogP contribution is -2.26. The molecule has 0 saturated carbocycles. The Hall–Kier alpha value is -3.81. The quantitative estimate of drug-likeness (QED) is 0.406. The number of para-hydroxylation sites is 1. The number of hydrogen-bond acceptors (Lipinski definition) is 6. The Morgan fingerprint density at radius 3 is 2.71 bits per heavy atom. The molecule has 7 heteroatoms. The summed E-state index contributed by atoms with van der Waals surface area (Å²) in [7, 11) is 1.92. The summed E-state index contributed by atoms with van der Waals surface area (Å²) in [5.74, 6) is -0.0321. The SMILES string of the molecule is CNCc1ccccc1-c1ccc(C(=O)N2N=C(c3cccnc3)CC2c2ccccc2O)s1. The molecule has 0 spiro atoms. The molecule has 0 radical (unpaired) electrons. The largest absolute Gasteiger partial charge is 0.508 e. The third-order valence-electron chi connectivity index (χ3n) is 5.88. The predicted octanol–water partition coefficient (Wildman–Crippen LogP) is 5.23. The second kappa shape index (κ2) is 9.59. The number of benzene rings is 2. The van der Waals surface area contributed by atoms with Gasteiger partial charge < -0.3 is 10.4 Å². The summed E-state index contributed by atoms with van der Waals surface area (Å²) in [6.45, 7) is 0.748. The van der Waals surface area contributed by atoms with E-state index in [-0.39, 0.29) is 11.7 Å². The molecular formula is C27H24N4O2S. The third-order valence-corrected chi connectivity index (χ3v) is 6.98. The Morgan fingerprint density at radius 2 is 1.91 bits per heavy atom. The lowest BCUT2D eigenvalue weighted by atomic mass is 9.98. The highest BCUT2D eigenvalue weighted by atomic mass is 32.1. The predicted molar refractivity (Wildman–Crippen MR) is 135 cm³/mol. The first kappa shape index (κ1) is 22.0. The van der Waals surface area contributed by atoms with E-state index in [1.54, 1.807) is 24.5 Å². The van der Waals surface area contributed by atoms with Crippen LogP contribution in [0, 0.1) is 0 Å². The molecule has 1 aliphatic heterocycles. The molecule has 1 amide bonds. The van der Waals surface area contributed by atoms with Crippen molar-refractivity contribution in [2.75, 3.05) is 7.05 Å². The Morgan fingerprint density at radius 1 is 1.09 bits per heavy atom. The molecule has 1 unspecified atom stereocenters. The average molecular weight is 469 g/mol. The second-order valence-electron chi connectivity index (χ2n) is 8.07. The first-order valence-electron chi connectivity index (χ1n) is 11.1. The highest BCUT2D eigenvalue weighted by Gasteiger charge is 2.35. The summed E-state index contributed by atoms with van der Waals surface area (Å²) in [6.07, 6.45) is 3.95. The van der Waals surface area contributed by atoms with Crippen molar-refractivity contribution in [3.63, 3.8) is 0 Å². The van der Waals surface area contributed by atoms with Crippen molar-refractivity contribution in [3.05, 3.63) is 107 Å². The van der Waals surface area contributed by atoms with Crippen LogP contribution in [-0.4, -0.2) is 33.8 Å². The van der Waals surface area contributed by atoms with E-state index in [1.165, 1.54) is 21.9 Å². The zero-order valence-corrected chi connectivity index (χ0v) is 19.5. The number of hydrazone groups is 1. The van der Waals surface area contributed by atoms with Crippen LogP contribution >= 0.6 is 11.3 Å². The van der Waals surface area contributed by atoms with E-state index < -0.39 is 6.04 Å². The third kappa shape index (κ3) is 4.23. The number of carbonyl (C=O) groups excluding carboxylic acids is 1. The average Bonchev–Trinajstić information content (AvgIpc) is 3.53. The molecule has 2 aromatic carbocycles. The fourth-order valence-electron chi connectivity index (χ4n) is 4.23. The fraction of sp³-hybridized carbons (Fsp3) is 0.148. The summed E-state index contributed by atoms with van der Waals surface area (Å²) in [5, 5.41) is 19.9. The molecule has 4 aromatic rings. The molecule has 170 valence electrons. The number of thiophene rings is 1. The minimum Gasteiger partial charge on any atom is -0.508 e. The first-order chi connectivity index (χ1) is 16.7. The van der Waals surface area contributed by atoms with Crippen LogP contribution < -0.4 is 5.32 Å². The van der Waals surface area contributed by atoms with E-state index in [9.17, 15) is 9.90 Å². The normalized spacial score (nSPS) is 15.4. The van der Waals surface area contributed by atoms with E-state index in [2.05, 4.69) is 22.4 Å². The van der Waals surface area contributed by atoms with Crippen molar-refractivity contribution in [1.82, 2.24) is 15.3 Å². The van der Waals surface area contributed by atoms with Crippen LogP contribution in [0.15, 0.2) is 90.3 Å². The zero-order chi connectivity index (χ0) is 23.5. The maximum atomic E-state index is 13.7. The molecule has 1 atom stereocenters. The summed E-state index contributed by atoms with van der Waals surface area (Å²) in [4.78, 5) is 19.5. The molecule has 34 heavy (non-hydrogen) atoms. The summed E-state index contributed by atoms with van der Waals surface area (Å²) in [5.41, 5.74) is 4.60. The van der Waals surface area contributed by atoms with Crippen molar-refractivity contribution < 1.29 is 9.90 Å². The Labute approximate surface area is 202 Å². The number of nitrogens with zero attached hydrogens (tertiary/aromatic N) is 3. The van der Waals surface area contributed by atoms with Crippen molar-refractivity contribution in [3.8, 4) is 16.2 Å². The number of phenolic OH excluding ortho intramolecular Hbond substituents is 1. The number of aromatic nitrogens is 1. The summed E-state index contributed by atoms with van der Waals surface area (Å²) >= 11 is 1.46. The first-order valence-corrected chi connectivity index (χ1v) is 11.9. The van der Waals surface area contributed by atoms with Gasteiger partial charge in [0.15, 0.2) is 0 Å². The molecular weight excluding hydrogens is 444 g/mol. The minimum atomic E-state index is -0.397. The lowest BCUT2D eigenvalue weighted by molar-refractivity contribution is 0.0714. The van der Waals surface area contributed by atoms with Gasteiger partial charge in [-0.25, -0.2) is 5.01 Å². The van der Waals surface area contributed by atoms with E-state index in [0.29, 0.717) is 16.9 Å². The number of amides is 1. The smallest absolute Gasteiger partial charge is 0.284 e. The number of pyridine rings is 1. The van der Waals surface area contributed by atoms with E-state index in [4.69, 9.17) is 5.10 Å². The zero-order valence-electron chi connectivity index (χ0n) is 18.7. The van der Waals surface area contributed by atoms with E-state index in [1.807, 2.05) is 55.6 Å². The minimum absolute atomic E-state index is 0.154.